The molecule has 1 aliphatic carbocycles. The summed E-state index contributed by atoms with van der Waals surface area (Å²) in [5.74, 6) is -0.481. The molecule has 1 aromatic heterocycles. The summed E-state index contributed by atoms with van der Waals surface area (Å²) < 4.78 is 1.28. The van der Waals surface area contributed by atoms with Gasteiger partial charge in [-0.3, -0.25) is 23.9 Å². The number of ketones is 1. The van der Waals surface area contributed by atoms with Crippen LogP contribution in [0.3, 0.4) is 0 Å². The highest BCUT2D eigenvalue weighted by Gasteiger charge is 2.23. The number of anilines is 1. The Balaban J connectivity index is 1.98. The van der Waals surface area contributed by atoms with E-state index < -0.39 is 17.5 Å². The molecule has 33 heavy (non-hydrogen) atoms. The Hall–Kier alpha value is -3.08. The van der Waals surface area contributed by atoms with Gasteiger partial charge in [-0.15, -0.1) is 0 Å². The minimum Gasteiger partial charge on any atom is -0.469 e. The number of carbonyl (C=O) groups is 2. The predicted molar refractivity (Wildman–Crippen MR) is 128 cm³/mol. The lowest BCUT2D eigenvalue weighted by molar-refractivity contribution is -0.128. The molecule has 11 nitrogen and oxygen atoms in total. The first kappa shape index (κ1) is 26.2. The van der Waals surface area contributed by atoms with E-state index >= 15 is 0 Å². The van der Waals surface area contributed by atoms with Gasteiger partial charge in [-0.1, -0.05) is 26.2 Å². The molecule has 1 aliphatic rings. The van der Waals surface area contributed by atoms with E-state index in [0.717, 1.165) is 12.8 Å². The second-order valence-corrected chi connectivity index (χ2v) is 8.41. The fraction of sp³-hybridized carbons (Fsp3) is 0.636. The van der Waals surface area contributed by atoms with Crippen LogP contribution in [-0.2, 0) is 9.59 Å². The van der Waals surface area contributed by atoms with Gasteiger partial charge in [0, 0.05) is 18.4 Å². The Morgan fingerprint density at radius 2 is 2.03 bits per heavy atom. The van der Waals surface area contributed by atoms with Crippen molar-refractivity contribution in [3.05, 3.63) is 22.7 Å². The van der Waals surface area contributed by atoms with Crippen molar-refractivity contribution in [2.75, 3.05) is 32.0 Å². The van der Waals surface area contributed by atoms with E-state index in [1.165, 1.54) is 43.1 Å². The maximum atomic E-state index is 12.8. The largest absolute Gasteiger partial charge is 0.469 e. The maximum absolute atomic E-state index is 12.8. The molecule has 1 amide bonds. The average molecular weight is 463 g/mol. The topological polar surface area (TPSA) is 155 Å². The zero-order valence-electron chi connectivity index (χ0n) is 19.7. The first-order valence-electron chi connectivity index (χ1n) is 11.4. The standard InChI is InChI=1S/C22H35N7O4/c1-4-19(21(31)26-12-17(30)14-28(3)16-8-6-5-7-9-16)29-11-10-24-20(22(29)32)25-13-18(27-33)15(2)23/h10-11,16,19,23,33H,4-9,12-14H2,1-3H3,(H,24,25)(H,26,31)/p+1/b23-15?,27-18-. The molecular formula is C22H36N7O4+. The summed E-state index contributed by atoms with van der Waals surface area (Å²) in [6, 6.07) is -0.376. The van der Waals surface area contributed by atoms with Crippen LogP contribution in [0.4, 0.5) is 5.82 Å². The minimum atomic E-state index is -0.793. The number of amides is 1. The van der Waals surface area contributed by atoms with Crippen molar-refractivity contribution in [1.29, 1.82) is 5.41 Å². The van der Waals surface area contributed by atoms with Crippen LogP contribution in [-0.4, -0.2) is 75.5 Å². The van der Waals surface area contributed by atoms with E-state index in [9.17, 15) is 14.4 Å². The van der Waals surface area contributed by atoms with Crippen LogP contribution in [0, 0.1) is 5.41 Å². The summed E-state index contributed by atoms with van der Waals surface area (Å²) in [6.45, 7) is 3.48. The number of hydrogen-bond acceptors (Lipinski definition) is 8. The third kappa shape index (κ3) is 7.48. The number of nitrogens with zero attached hydrogens (tertiary/aromatic N) is 4. The number of aromatic nitrogens is 2. The molecule has 1 atom stereocenters. The molecule has 5 N–H and O–H groups in total. The third-order valence-electron chi connectivity index (χ3n) is 5.97. The van der Waals surface area contributed by atoms with Gasteiger partial charge in [0.1, 0.15) is 6.04 Å². The quantitative estimate of drug-likeness (QED) is 0.236. The zero-order chi connectivity index (χ0) is 24.4. The molecule has 1 saturated carbocycles. The SMILES string of the molecule is CCC(C(=O)NCC(=O)CN(C)C1CCCCC1)n1ccnc(NC/C(=N/[OH2+])C(C)=N)c1=O. The number of hydrogen-bond donors (Lipinski definition) is 3. The van der Waals surface area contributed by atoms with E-state index in [1.54, 1.807) is 6.92 Å². The number of rotatable bonds is 12. The van der Waals surface area contributed by atoms with Gasteiger partial charge in [0.05, 0.1) is 30.5 Å². The molecule has 0 aliphatic heterocycles. The van der Waals surface area contributed by atoms with Crippen molar-refractivity contribution in [1.82, 2.24) is 19.8 Å². The van der Waals surface area contributed by atoms with E-state index in [-0.39, 0.29) is 42.7 Å². The summed E-state index contributed by atoms with van der Waals surface area (Å²) in [7, 11) is 1.95. The molecule has 1 unspecified atom stereocenters. The first-order chi connectivity index (χ1) is 15.8. The fourth-order valence-corrected chi connectivity index (χ4v) is 4.01. The van der Waals surface area contributed by atoms with E-state index in [2.05, 4.69) is 25.7 Å². The second kappa shape index (κ2) is 12.8. The summed E-state index contributed by atoms with van der Waals surface area (Å²) in [6.07, 6.45) is 9.01. The van der Waals surface area contributed by atoms with Gasteiger partial charge in [-0.25, -0.2) is 4.98 Å². The fourth-order valence-electron chi connectivity index (χ4n) is 4.01. The van der Waals surface area contributed by atoms with E-state index in [0.29, 0.717) is 12.5 Å². The Labute approximate surface area is 193 Å². The lowest BCUT2D eigenvalue weighted by Crippen LogP contribution is -2.43. The first-order valence-corrected chi connectivity index (χ1v) is 11.4. The normalized spacial score (nSPS) is 15.8. The van der Waals surface area contributed by atoms with Gasteiger partial charge in [-0.2, -0.15) is 0 Å². The molecule has 0 spiro atoms. The molecular weight excluding hydrogens is 426 g/mol. The maximum Gasteiger partial charge on any atom is 0.294 e. The van der Waals surface area contributed by atoms with Crippen molar-refractivity contribution < 1.29 is 14.8 Å². The molecule has 1 fully saturated rings. The number of likely N-dealkylation sites (N-methyl/N-ethyl adjacent to an activating group) is 1. The van der Waals surface area contributed by atoms with Crippen LogP contribution in [0.1, 0.15) is 58.4 Å². The lowest BCUT2D eigenvalue weighted by Gasteiger charge is -2.30. The Bertz CT molecular complexity index is 922. The minimum absolute atomic E-state index is 0.00289. The van der Waals surface area contributed by atoms with Gasteiger partial charge in [0.15, 0.2) is 17.3 Å². The van der Waals surface area contributed by atoms with Gasteiger partial charge in [-0.05, 0) is 33.2 Å². The molecule has 2 rings (SSSR count). The molecule has 1 aromatic rings. The molecule has 182 valence electrons. The third-order valence-corrected chi connectivity index (χ3v) is 5.97. The van der Waals surface area contributed by atoms with Crippen molar-refractivity contribution in [3.8, 4) is 0 Å². The Kier molecular flexibility index (Phi) is 10.2. The van der Waals surface area contributed by atoms with E-state index in [1.807, 2.05) is 7.05 Å². The molecule has 1 heterocycles. The van der Waals surface area contributed by atoms with Crippen LogP contribution < -0.4 is 16.2 Å². The highest BCUT2D eigenvalue weighted by atomic mass is 16.4. The predicted octanol–water partition coefficient (Wildman–Crippen LogP) is 0.676. The molecule has 0 bridgehead atoms. The number of nitrogens with one attached hydrogen (secondary N) is 3. The van der Waals surface area contributed by atoms with Crippen LogP contribution in [0.2, 0.25) is 0 Å². The number of Topliss-reactive ketones (excluding diaryl/α,β-unsaturated/α-hetero) is 1. The molecule has 11 heteroatoms. The lowest BCUT2D eigenvalue weighted by atomic mass is 9.94. The van der Waals surface area contributed by atoms with Crippen molar-refractivity contribution >= 4 is 28.9 Å². The van der Waals surface area contributed by atoms with Gasteiger partial charge in [0.25, 0.3) is 5.56 Å². The van der Waals surface area contributed by atoms with Crippen molar-refractivity contribution in [3.63, 3.8) is 0 Å². The second-order valence-electron chi connectivity index (χ2n) is 8.41. The van der Waals surface area contributed by atoms with Crippen LogP contribution in [0.5, 0.6) is 0 Å². The number of carbonyl (C=O) groups excluding carboxylic acids is 2. The van der Waals surface area contributed by atoms with Crippen molar-refractivity contribution in [2.45, 2.75) is 64.5 Å². The highest BCUT2D eigenvalue weighted by Crippen LogP contribution is 2.21. The highest BCUT2D eigenvalue weighted by molar-refractivity contribution is 6.41. The summed E-state index contributed by atoms with van der Waals surface area (Å²) >= 11 is 0. The van der Waals surface area contributed by atoms with E-state index in [4.69, 9.17) is 10.6 Å². The molecule has 0 aromatic carbocycles. The zero-order valence-corrected chi connectivity index (χ0v) is 19.7. The average Bonchev–Trinajstić information content (AvgIpc) is 2.80. The van der Waals surface area contributed by atoms with Gasteiger partial charge >= 0.3 is 0 Å². The molecule has 0 radical (unpaired) electrons. The monoisotopic (exact) mass is 462 g/mol. The summed E-state index contributed by atoms with van der Waals surface area (Å²) in [5.41, 5.74) is -0.221. The Morgan fingerprint density at radius 3 is 2.64 bits per heavy atom. The van der Waals surface area contributed by atoms with Gasteiger partial charge < -0.3 is 21.3 Å². The summed E-state index contributed by atoms with van der Waals surface area (Å²) in [4.78, 5) is 44.1. The molecule has 0 saturated heterocycles. The summed E-state index contributed by atoms with van der Waals surface area (Å²) in [5, 5.41) is 23.4. The van der Waals surface area contributed by atoms with Crippen LogP contribution in [0.25, 0.3) is 0 Å². The van der Waals surface area contributed by atoms with Crippen LogP contribution >= 0.6 is 0 Å². The van der Waals surface area contributed by atoms with Gasteiger partial charge in [0.2, 0.25) is 5.91 Å². The Morgan fingerprint density at radius 1 is 1.33 bits per heavy atom. The van der Waals surface area contributed by atoms with Crippen molar-refractivity contribution in [2.24, 2.45) is 5.16 Å². The smallest absolute Gasteiger partial charge is 0.294 e. The van der Waals surface area contributed by atoms with Crippen LogP contribution in [0.15, 0.2) is 22.3 Å².